The van der Waals surface area contributed by atoms with Crippen LogP contribution in [-0.2, 0) is 11.2 Å². The fourth-order valence-corrected chi connectivity index (χ4v) is 2.32. The molecule has 2 nitrogen and oxygen atoms in total. The molecule has 21 heavy (non-hydrogen) atoms. The molecule has 0 bridgehead atoms. The molecule has 0 saturated heterocycles. The zero-order valence-corrected chi connectivity index (χ0v) is 13.5. The van der Waals surface area contributed by atoms with Crippen LogP contribution >= 0.6 is 0 Å². The molecular weight excluding hydrogens is 265 g/mol. The lowest BCUT2D eigenvalue weighted by atomic mass is 9.98. The number of hydrogen-bond acceptors (Lipinski definition) is 2. The Labute approximate surface area is 128 Å². The van der Waals surface area contributed by atoms with Crippen LogP contribution in [0.15, 0.2) is 24.3 Å². The van der Waals surface area contributed by atoms with Gasteiger partial charge in [0.05, 0.1) is 6.61 Å². The van der Waals surface area contributed by atoms with Gasteiger partial charge in [-0.15, -0.1) is 0 Å². The smallest absolute Gasteiger partial charge is 0.123 e. The molecule has 1 aromatic rings. The number of halogens is 1. The third kappa shape index (κ3) is 7.05. The minimum Gasteiger partial charge on any atom is -0.381 e. The second kappa shape index (κ2) is 7.37. The van der Waals surface area contributed by atoms with E-state index in [1.165, 1.54) is 18.9 Å². The molecule has 1 atom stereocenters. The summed E-state index contributed by atoms with van der Waals surface area (Å²) in [6, 6.07) is 6.90. The molecule has 0 aliphatic heterocycles. The van der Waals surface area contributed by atoms with E-state index in [1.54, 1.807) is 12.1 Å². The van der Waals surface area contributed by atoms with Crippen molar-refractivity contribution in [3.8, 4) is 0 Å². The zero-order valence-electron chi connectivity index (χ0n) is 13.5. The summed E-state index contributed by atoms with van der Waals surface area (Å²) in [5.41, 5.74) is 1.14. The van der Waals surface area contributed by atoms with Crippen molar-refractivity contribution in [3.05, 3.63) is 35.6 Å². The molecule has 2 rings (SSSR count). The highest BCUT2D eigenvalue weighted by Gasteiger charge is 2.22. The predicted molar refractivity (Wildman–Crippen MR) is 84.9 cm³/mol. The molecule has 0 amide bonds. The van der Waals surface area contributed by atoms with E-state index in [0.29, 0.717) is 5.92 Å². The molecule has 1 aliphatic carbocycles. The van der Waals surface area contributed by atoms with Crippen molar-refractivity contribution >= 4 is 0 Å². The normalized spacial score (nSPS) is 17.0. The Hall–Kier alpha value is -0.930. The minimum absolute atomic E-state index is 0.0939. The topological polar surface area (TPSA) is 21.3 Å². The van der Waals surface area contributed by atoms with Crippen LogP contribution in [0.25, 0.3) is 0 Å². The Balaban J connectivity index is 1.86. The molecule has 3 heteroatoms. The lowest BCUT2D eigenvalue weighted by Crippen LogP contribution is -2.40. The van der Waals surface area contributed by atoms with Crippen LogP contribution < -0.4 is 5.32 Å². The van der Waals surface area contributed by atoms with E-state index in [-0.39, 0.29) is 11.4 Å². The minimum atomic E-state index is -0.158. The summed E-state index contributed by atoms with van der Waals surface area (Å²) in [7, 11) is 0. The molecule has 1 aliphatic rings. The summed E-state index contributed by atoms with van der Waals surface area (Å²) < 4.78 is 19.2. The van der Waals surface area contributed by atoms with Crippen molar-refractivity contribution in [1.29, 1.82) is 0 Å². The number of ether oxygens (including phenoxy) is 1. The van der Waals surface area contributed by atoms with E-state index in [0.717, 1.165) is 37.7 Å². The molecule has 0 heterocycles. The highest BCUT2D eigenvalue weighted by atomic mass is 19.1. The first kappa shape index (κ1) is 16.4. The monoisotopic (exact) mass is 293 g/mol. The lowest BCUT2D eigenvalue weighted by molar-refractivity contribution is 0.0885. The fraction of sp³-hybridized carbons (Fsp3) is 0.667. The Morgan fingerprint density at radius 1 is 1.33 bits per heavy atom. The SMILES string of the molecule is CC(C)(C)NCC(COCC1CC1)Cc1cccc(F)c1. The molecule has 0 radical (unpaired) electrons. The third-order valence-corrected chi connectivity index (χ3v) is 3.74. The van der Waals surface area contributed by atoms with Crippen LogP contribution in [0, 0.1) is 17.7 Å². The van der Waals surface area contributed by atoms with Gasteiger partial charge in [-0.1, -0.05) is 12.1 Å². The van der Waals surface area contributed by atoms with E-state index < -0.39 is 0 Å². The third-order valence-electron chi connectivity index (χ3n) is 3.74. The first-order valence-corrected chi connectivity index (χ1v) is 7.99. The van der Waals surface area contributed by atoms with Gasteiger partial charge in [0.1, 0.15) is 5.82 Å². The number of nitrogens with one attached hydrogen (secondary N) is 1. The van der Waals surface area contributed by atoms with E-state index in [4.69, 9.17) is 4.74 Å². The average molecular weight is 293 g/mol. The quantitative estimate of drug-likeness (QED) is 0.787. The molecule has 1 fully saturated rings. The van der Waals surface area contributed by atoms with Gasteiger partial charge in [0, 0.05) is 18.7 Å². The molecule has 1 unspecified atom stereocenters. The Morgan fingerprint density at radius 2 is 2.10 bits per heavy atom. The van der Waals surface area contributed by atoms with Crippen LogP contribution in [0.3, 0.4) is 0 Å². The van der Waals surface area contributed by atoms with Crippen molar-refractivity contribution in [1.82, 2.24) is 5.32 Å². The molecule has 1 N–H and O–H groups in total. The second-order valence-corrected chi connectivity index (χ2v) is 7.31. The highest BCUT2D eigenvalue weighted by Crippen LogP contribution is 2.29. The fourth-order valence-electron chi connectivity index (χ4n) is 2.32. The standard InChI is InChI=1S/C18H28FNO/c1-18(2,3)20-11-16(13-21-12-14-7-8-14)9-15-5-4-6-17(19)10-15/h4-6,10,14,16,20H,7-9,11-13H2,1-3H3. The van der Waals surface area contributed by atoms with Gasteiger partial charge in [-0.25, -0.2) is 4.39 Å². The van der Waals surface area contributed by atoms with Gasteiger partial charge in [0.15, 0.2) is 0 Å². The Bertz CT molecular complexity index is 437. The van der Waals surface area contributed by atoms with E-state index >= 15 is 0 Å². The Kier molecular flexibility index (Phi) is 5.77. The summed E-state index contributed by atoms with van der Waals surface area (Å²) in [5, 5.41) is 3.54. The van der Waals surface area contributed by atoms with Crippen LogP contribution in [0.2, 0.25) is 0 Å². The van der Waals surface area contributed by atoms with Crippen molar-refractivity contribution in [2.24, 2.45) is 11.8 Å². The van der Waals surface area contributed by atoms with Gasteiger partial charge in [-0.05, 0) is 69.6 Å². The molecular formula is C18H28FNO. The van der Waals surface area contributed by atoms with Crippen molar-refractivity contribution in [2.75, 3.05) is 19.8 Å². The molecule has 1 aromatic carbocycles. The van der Waals surface area contributed by atoms with Gasteiger partial charge < -0.3 is 10.1 Å². The number of hydrogen-bond donors (Lipinski definition) is 1. The first-order chi connectivity index (χ1) is 9.92. The van der Waals surface area contributed by atoms with Crippen molar-refractivity contribution in [2.45, 2.75) is 45.6 Å². The molecule has 0 spiro atoms. The van der Waals surface area contributed by atoms with Gasteiger partial charge in [0.25, 0.3) is 0 Å². The molecule has 0 aromatic heterocycles. The van der Waals surface area contributed by atoms with Gasteiger partial charge in [-0.3, -0.25) is 0 Å². The number of rotatable bonds is 8. The predicted octanol–water partition coefficient (Wildman–Crippen LogP) is 3.80. The van der Waals surface area contributed by atoms with Crippen LogP contribution in [-0.4, -0.2) is 25.3 Å². The van der Waals surface area contributed by atoms with Crippen molar-refractivity contribution in [3.63, 3.8) is 0 Å². The zero-order chi connectivity index (χ0) is 15.3. The largest absolute Gasteiger partial charge is 0.381 e. The van der Waals surface area contributed by atoms with E-state index in [1.807, 2.05) is 6.07 Å². The Morgan fingerprint density at radius 3 is 2.71 bits per heavy atom. The average Bonchev–Trinajstić information content (AvgIpc) is 3.19. The maximum absolute atomic E-state index is 13.3. The van der Waals surface area contributed by atoms with Crippen LogP contribution in [0.5, 0.6) is 0 Å². The summed E-state index contributed by atoms with van der Waals surface area (Å²) in [4.78, 5) is 0. The molecule has 1 saturated carbocycles. The molecule has 118 valence electrons. The summed E-state index contributed by atoms with van der Waals surface area (Å²) in [6.07, 6.45) is 3.48. The lowest BCUT2D eigenvalue weighted by Gasteiger charge is -2.25. The first-order valence-electron chi connectivity index (χ1n) is 7.99. The van der Waals surface area contributed by atoms with E-state index in [9.17, 15) is 4.39 Å². The summed E-state index contributed by atoms with van der Waals surface area (Å²) in [5.74, 6) is 1.01. The maximum Gasteiger partial charge on any atom is 0.123 e. The summed E-state index contributed by atoms with van der Waals surface area (Å²) >= 11 is 0. The van der Waals surface area contributed by atoms with E-state index in [2.05, 4.69) is 26.1 Å². The van der Waals surface area contributed by atoms with Crippen LogP contribution in [0.1, 0.15) is 39.2 Å². The summed E-state index contributed by atoms with van der Waals surface area (Å²) in [6.45, 7) is 9.02. The maximum atomic E-state index is 13.3. The number of benzene rings is 1. The second-order valence-electron chi connectivity index (χ2n) is 7.31. The van der Waals surface area contributed by atoms with Gasteiger partial charge in [-0.2, -0.15) is 0 Å². The van der Waals surface area contributed by atoms with Crippen molar-refractivity contribution < 1.29 is 9.13 Å². The van der Waals surface area contributed by atoms with Gasteiger partial charge in [0.2, 0.25) is 0 Å². The highest BCUT2D eigenvalue weighted by molar-refractivity contribution is 5.17. The van der Waals surface area contributed by atoms with Gasteiger partial charge >= 0.3 is 0 Å². The van der Waals surface area contributed by atoms with Crippen LogP contribution in [0.4, 0.5) is 4.39 Å².